The van der Waals surface area contributed by atoms with Gasteiger partial charge in [-0.15, -0.1) is 0 Å². The van der Waals surface area contributed by atoms with E-state index in [2.05, 4.69) is 41.8 Å². The van der Waals surface area contributed by atoms with Crippen LogP contribution in [0, 0.1) is 45.1 Å². The number of Topliss-reactive ketones (excluding diaryl/α,β-unsaturated/α-hetero) is 1. The summed E-state index contributed by atoms with van der Waals surface area (Å²) in [6, 6.07) is 6.88. The van der Waals surface area contributed by atoms with Crippen molar-refractivity contribution < 1.29 is 87.2 Å². The molecule has 4 amide bonds. The number of pyridine rings is 1. The van der Waals surface area contributed by atoms with Gasteiger partial charge in [-0.25, -0.2) is 33.0 Å². The third kappa shape index (κ3) is 14.6. The summed E-state index contributed by atoms with van der Waals surface area (Å²) in [7, 11) is 1.78. The molecule has 19 nitrogen and oxygen atoms in total. The van der Waals surface area contributed by atoms with Gasteiger partial charge >= 0.3 is 31.1 Å². The molecule has 7 rings (SSSR count). The number of anilines is 1. The van der Waals surface area contributed by atoms with Crippen LogP contribution >= 0.6 is 0 Å². The first-order chi connectivity index (χ1) is 39.6. The van der Waals surface area contributed by atoms with Crippen LogP contribution in [-0.4, -0.2) is 162 Å². The molecule has 3 aliphatic rings. The standard InChI is InChI=1S/C56H64F10N10O9/c1-51(2,55(61,62)63)43(71-50(82)83-8)45(78)70-40(17-32-12-9-31(10-13-32)11-14-33-15-16-42(68-20-33)74-29-53(5)27-73(36-25-84-26-36)28-54(6,30-74)47(53)80)41(77)24-75(72-46(79)44(85-49(81)67-7)52(3,4)56(64,65)66)23-37-38(57)18-34(19-39(37)58)35-21-69-76(22-35)48(59)60/h9-10,12-13,15-16,18-22,36,40-41,43-44,48,77H,17,23-30H2,1-8H3,(H,67,81)(H,70,78)(H,71,82)(H,72,79)/t40-,41-,43+,44+,53-,54-/m0/s1. The number of ether oxygens (including phenoxy) is 3. The smallest absolute Gasteiger partial charge is 0.407 e. The van der Waals surface area contributed by atoms with Crippen LogP contribution < -0.4 is 26.3 Å². The molecule has 29 heteroatoms. The Morgan fingerprint density at radius 2 is 1.41 bits per heavy atom. The largest absolute Gasteiger partial charge is 0.453 e. The third-order valence-electron chi connectivity index (χ3n) is 15.6. The molecule has 3 saturated heterocycles. The van der Waals surface area contributed by atoms with Crippen molar-refractivity contribution in [2.75, 3.05) is 65.0 Å². The number of aromatic nitrogens is 3. The maximum Gasteiger partial charge on any atom is 0.407 e. The molecule has 85 heavy (non-hydrogen) atoms. The number of ketones is 1. The predicted octanol–water partition coefficient (Wildman–Crippen LogP) is 6.68. The Balaban J connectivity index is 1.18. The molecule has 2 aromatic carbocycles. The molecule has 0 unspecified atom stereocenters. The molecule has 2 aromatic heterocycles. The van der Waals surface area contributed by atoms with E-state index in [1.807, 2.05) is 29.9 Å². The van der Waals surface area contributed by atoms with E-state index in [0.717, 1.165) is 26.6 Å². The van der Waals surface area contributed by atoms with Crippen LogP contribution in [-0.2, 0) is 41.6 Å². The van der Waals surface area contributed by atoms with E-state index in [4.69, 9.17) is 9.47 Å². The number of alkyl halides is 8. The number of piperidine rings is 2. The van der Waals surface area contributed by atoms with Gasteiger partial charge in [-0.3, -0.25) is 24.7 Å². The number of rotatable bonds is 19. The van der Waals surface area contributed by atoms with Crippen LogP contribution in [0.15, 0.2) is 67.1 Å². The number of nitrogens with zero attached hydrogens (tertiary/aromatic N) is 6. The van der Waals surface area contributed by atoms with E-state index in [-0.39, 0.29) is 33.2 Å². The number of benzene rings is 2. The SMILES string of the molecule is CNC(=O)O[C@H](C(=O)NN(Cc1c(F)cc(-c2cnn(C(F)F)c2)cc1F)C[C@H](O)[C@H](Cc1ccc(C#Cc2ccc(N3C[C@]4(C)CN(C5COC5)C[C@@](C)(C3)C4=O)nc2)cc1)NC(=O)[C@@H](NC(=O)OC)C(C)(C)C(F)(F)F)C(C)(C)C(F)(F)F. The number of hydrogen-bond acceptors (Lipinski definition) is 14. The molecule has 3 aliphatic heterocycles. The van der Waals surface area contributed by atoms with Crippen molar-refractivity contribution in [1.82, 2.24) is 46.0 Å². The normalized spacial score (nSPS) is 20.1. The summed E-state index contributed by atoms with van der Waals surface area (Å²) in [5, 5.41) is 22.0. The molecule has 0 aliphatic carbocycles. The first-order valence-electron chi connectivity index (χ1n) is 26.5. The Bertz CT molecular complexity index is 3120. The summed E-state index contributed by atoms with van der Waals surface area (Å²) in [5.41, 5.74) is -5.81. The summed E-state index contributed by atoms with van der Waals surface area (Å²) < 4.78 is 161. The highest BCUT2D eigenvalue weighted by molar-refractivity contribution is 5.93. The lowest BCUT2D eigenvalue weighted by molar-refractivity contribution is -0.239. The number of nitrogens with one attached hydrogen (secondary N) is 4. The Hall–Kier alpha value is -7.55. The summed E-state index contributed by atoms with van der Waals surface area (Å²) in [4.78, 5) is 75.7. The fourth-order valence-corrected chi connectivity index (χ4v) is 10.3. The number of amides is 4. The number of aliphatic hydroxyl groups is 1. The number of hydrogen-bond donors (Lipinski definition) is 5. The monoisotopic (exact) mass is 1210 g/mol. The topological polar surface area (TPSA) is 222 Å². The minimum absolute atomic E-state index is 0.184. The van der Waals surface area contributed by atoms with Gasteiger partial charge in [0.2, 0.25) is 5.91 Å². The van der Waals surface area contributed by atoms with Gasteiger partial charge in [-0.1, -0.05) is 24.0 Å². The molecule has 5 N–H and O–H groups in total. The number of hydrazine groups is 1. The van der Waals surface area contributed by atoms with Crippen molar-refractivity contribution in [2.24, 2.45) is 21.7 Å². The van der Waals surface area contributed by atoms with Crippen LogP contribution in [0.25, 0.3) is 11.1 Å². The minimum atomic E-state index is -5.28. The van der Waals surface area contributed by atoms with Gasteiger partial charge in [-0.05, 0) is 95.5 Å². The lowest BCUT2D eigenvalue weighted by Gasteiger charge is -2.57. The summed E-state index contributed by atoms with van der Waals surface area (Å²) >= 11 is 0. The van der Waals surface area contributed by atoms with Crippen molar-refractivity contribution in [3.8, 4) is 23.0 Å². The van der Waals surface area contributed by atoms with Crippen LogP contribution in [0.5, 0.6) is 0 Å². The van der Waals surface area contributed by atoms with E-state index in [1.54, 1.807) is 18.3 Å². The molecule has 3 fully saturated rings. The lowest BCUT2D eigenvalue weighted by atomic mass is 9.64. The van der Waals surface area contributed by atoms with Gasteiger partial charge in [-0.2, -0.15) is 40.2 Å². The van der Waals surface area contributed by atoms with Gasteiger partial charge in [0.25, 0.3) is 5.91 Å². The second-order valence-electron chi connectivity index (χ2n) is 22.9. The highest BCUT2D eigenvalue weighted by Crippen LogP contribution is 2.46. The molecule has 5 heterocycles. The number of halogens is 10. The van der Waals surface area contributed by atoms with Crippen LogP contribution in [0.3, 0.4) is 0 Å². The van der Waals surface area contributed by atoms with Crippen molar-refractivity contribution in [2.45, 2.75) is 104 Å². The van der Waals surface area contributed by atoms with E-state index in [1.165, 1.54) is 24.3 Å². The number of likely N-dealkylation sites (tertiary alicyclic amines) is 1. The van der Waals surface area contributed by atoms with Gasteiger partial charge in [0, 0.05) is 81.0 Å². The zero-order valence-corrected chi connectivity index (χ0v) is 47.4. The third-order valence-corrected chi connectivity index (χ3v) is 15.6. The Morgan fingerprint density at radius 1 is 0.824 bits per heavy atom. The zero-order valence-electron chi connectivity index (χ0n) is 47.4. The number of fused-ring (bicyclic) bond motifs is 2. The van der Waals surface area contributed by atoms with Crippen LogP contribution in [0.2, 0.25) is 0 Å². The highest BCUT2D eigenvalue weighted by atomic mass is 19.4. The summed E-state index contributed by atoms with van der Waals surface area (Å²) in [5.74, 6) is 0.688. The fraction of sp³-hybridized carbons (Fsp3) is 0.518. The van der Waals surface area contributed by atoms with Gasteiger partial charge in [0.15, 0.2) is 11.9 Å². The number of carbonyl (C=O) groups is 5. The fourth-order valence-electron chi connectivity index (χ4n) is 10.3. The van der Waals surface area contributed by atoms with Crippen molar-refractivity contribution in [3.63, 3.8) is 0 Å². The molecule has 0 radical (unpaired) electrons. The predicted molar refractivity (Wildman–Crippen MR) is 284 cm³/mol. The molecular weight excluding hydrogens is 1150 g/mol. The van der Waals surface area contributed by atoms with E-state index in [0.29, 0.717) is 101 Å². The van der Waals surface area contributed by atoms with E-state index >= 15 is 8.78 Å². The van der Waals surface area contributed by atoms with Crippen molar-refractivity contribution in [3.05, 3.63) is 101 Å². The molecule has 0 saturated carbocycles. The molecule has 6 atom stereocenters. The number of aliphatic hydroxyl groups excluding tert-OH is 1. The molecule has 462 valence electrons. The number of methoxy groups -OCH3 is 1. The van der Waals surface area contributed by atoms with Crippen LogP contribution in [0.4, 0.5) is 59.3 Å². The summed E-state index contributed by atoms with van der Waals surface area (Å²) in [6.07, 6.45) is -15.7. The van der Waals surface area contributed by atoms with Gasteiger partial charge in [0.05, 0.1) is 61.0 Å². The lowest BCUT2D eigenvalue weighted by Crippen LogP contribution is -2.71. The Morgan fingerprint density at radius 3 is 1.92 bits per heavy atom. The molecule has 0 spiro atoms. The van der Waals surface area contributed by atoms with Crippen LogP contribution in [0.1, 0.15) is 70.3 Å². The molecule has 2 bridgehead atoms. The molecular formula is C56H64F10N10O9. The average molecular weight is 1210 g/mol. The van der Waals surface area contributed by atoms with E-state index in [9.17, 15) is 64.2 Å². The maximum atomic E-state index is 16.1. The average Bonchev–Trinajstić information content (AvgIpc) is 1.23. The highest BCUT2D eigenvalue weighted by Gasteiger charge is 2.59. The second-order valence-corrected chi connectivity index (χ2v) is 22.9. The van der Waals surface area contributed by atoms with Crippen molar-refractivity contribution >= 4 is 35.6 Å². The van der Waals surface area contributed by atoms with Gasteiger partial charge < -0.3 is 40.2 Å². The second kappa shape index (κ2) is 25.2. The quantitative estimate of drug-likeness (QED) is 0.0376. The number of alkyl carbamates (subject to hydrolysis) is 2. The van der Waals surface area contributed by atoms with Gasteiger partial charge in [0.1, 0.15) is 28.9 Å². The molecule has 4 aromatic rings. The minimum Gasteiger partial charge on any atom is -0.453 e. The number of carbonyl (C=O) groups excluding carboxylic acids is 5. The zero-order chi connectivity index (χ0) is 62.8. The Labute approximate surface area is 482 Å². The van der Waals surface area contributed by atoms with Crippen molar-refractivity contribution in [1.29, 1.82) is 0 Å². The maximum absolute atomic E-state index is 16.1. The first-order valence-corrected chi connectivity index (χ1v) is 26.5. The van der Waals surface area contributed by atoms with E-state index < -0.39 is 126 Å². The Kier molecular flexibility index (Phi) is 19.3. The first kappa shape index (κ1) is 65.0. The summed E-state index contributed by atoms with van der Waals surface area (Å²) in [6.45, 7) is 4.04.